The predicted molar refractivity (Wildman–Crippen MR) is 87.6 cm³/mol. The van der Waals surface area contributed by atoms with E-state index in [0.29, 0.717) is 36.8 Å². The Morgan fingerprint density at radius 1 is 1.35 bits per heavy atom. The Bertz CT molecular complexity index is 593. The third-order valence-electron chi connectivity index (χ3n) is 4.51. The van der Waals surface area contributed by atoms with Crippen molar-refractivity contribution in [3.8, 4) is 0 Å². The quantitative estimate of drug-likeness (QED) is 0.916. The van der Waals surface area contributed by atoms with Gasteiger partial charge in [-0.05, 0) is 30.7 Å². The van der Waals surface area contributed by atoms with E-state index < -0.39 is 0 Å². The molecule has 0 saturated carbocycles. The first-order chi connectivity index (χ1) is 11.1. The van der Waals surface area contributed by atoms with Gasteiger partial charge in [-0.2, -0.15) is 0 Å². The molecular weight excluding hydrogens is 318 g/mol. The van der Waals surface area contributed by atoms with Crippen molar-refractivity contribution in [2.24, 2.45) is 0 Å². The second-order valence-corrected chi connectivity index (χ2v) is 6.27. The van der Waals surface area contributed by atoms with Gasteiger partial charge in [0.05, 0.1) is 18.7 Å². The van der Waals surface area contributed by atoms with Gasteiger partial charge in [0.2, 0.25) is 5.91 Å². The van der Waals surface area contributed by atoms with Crippen LogP contribution >= 0.6 is 11.6 Å². The molecule has 2 aliphatic rings. The zero-order valence-corrected chi connectivity index (χ0v) is 13.8. The Balaban J connectivity index is 1.64. The zero-order valence-electron chi connectivity index (χ0n) is 13.0. The highest BCUT2D eigenvalue weighted by Gasteiger charge is 2.48. The fourth-order valence-electron chi connectivity index (χ4n) is 3.39. The summed E-state index contributed by atoms with van der Waals surface area (Å²) in [6.07, 6.45) is 1.20. The fraction of sp³-hybridized carbons (Fsp3) is 0.500. The maximum atomic E-state index is 12.5. The molecule has 0 aliphatic carbocycles. The Kier molecular flexibility index (Phi) is 4.73. The topological polar surface area (TPSA) is 61.9 Å². The number of likely N-dealkylation sites (tertiary alicyclic amines) is 2. The van der Waals surface area contributed by atoms with Crippen LogP contribution in [0.1, 0.15) is 12.8 Å². The smallest absolute Gasteiger partial charge is 0.322 e. The van der Waals surface area contributed by atoms with Gasteiger partial charge in [-0.25, -0.2) is 4.79 Å². The number of methoxy groups -OCH3 is 1. The second-order valence-electron chi connectivity index (χ2n) is 5.84. The summed E-state index contributed by atoms with van der Waals surface area (Å²) in [5.41, 5.74) is 0.698. The van der Waals surface area contributed by atoms with Crippen LogP contribution in [0.4, 0.5) is 10.5 Å². The number of hydrogen-bond acceptors (Lipinski definition) is 3. The highest BCUT2D eigenvalue weighted by Crippen LogP contribution is 2.32. The standard InChI is InChI=1S/C16H20ClN3O3/c1-23-9-8-19-13-6-7-20(14(13)10-15(19)21)16(22)18-12-4-2-11(17)3-5-12/h2-5,13-14H,6-10H2,1H3,(H,18,22)/t13-,14+/m1/s1. The molecule has 0 spiro atoms. The van der Waals surface area contributed by atoms with Gasteiger partial charge in [0.15, 0.2) is 0 Å². The molecule has 2 fully saturated rings. The lowest BCUT2D eigenvalue weighted by molar-refractivity contribution is -0.129. The van der Waals surface area contributed by atoms with Gasteiger partial charge < -0.3 is 19.9 Å². The normalized spacial score (nSPS) is 23.3. The highest BCUT2D eigenvalue weighted by molar-refractivity contribution is 6.30. The van der Waals surface area contributed by atoms with E-state index in [9.17, 15) is 9.59 Å². The summed E-state index contributed by atoms with van der Waals surface area (Å²) in [4.78, 5) is 28.3. The van der Waals surface area contributed by atoms with Crippen LogP contribution in [0.3, 0.4) is 0 Å². The van der Waals surface area contributed by atoms with Crippen LogP contribution in [0.2, 0.25) is 5.02 Å². The maximum Gasteiger partial charge on any atom is 0.322 e. The van der Waals surface area contributed by atoms with Crippen molar-refractivity contribution in [3.63, 3.8) is 0 Å². The molecule has 6 nitrogen and oxygen atoms in total. The largest absolute Gasteiger partial charge is 0.383 e. The van der Waals surface area contributed by atoms with E-state index in [1.54, 1.807) is 36.3 Å². The Labute approximate surface area is 140 Å². The number of carbonyl (C=O) groups is 2. The summed E-state index contributed by atoms with van der Waals surface area (Å²) in [5.74, 6) is 0.0982. The minimum absolute atomic E-state index is 0.0494. The number of nitrogens with zero attached hydrogens (tertiary/aromatic N) is 2. The Hall–Kier alpha value is -1.79. The number of benzene rings is 1. The summed E-state index contributed by atoms with van der Waals surface area (Å²) in [5, 5.41) is 3.49. The van der Waals surface area contributed by atoms with Crippen molar-refractivity contribution >= 4 is 29.2 Å². The molecular formula is C16H20ClN3O3. The first-order valence-electron chi connectivity index (χ1n) is 7.71. The number of carbonyl (C=O) groups excluding carboxylic acids is 2. The summed E-state index contributed by atoms with van der Waals surface area (Å²) in [7, 11) is 1.62. The average Bonchev–Trinajstić information content (AvgIpc) is 3.06. The molecule has 2 aliphatic heterocycles. The molecule has 0 radical (unpaired) electrons. The molecule has 0 bridgehead atoms. The molecule has 2 heterocycles. The van der Waals surface area contributed by atoms with Crippen molar-refractivity contribution in [1.82, 2.24) is 9.80 Å². The number of amides is 3. The number of rotatable bonds is 4. The van der Waals surface area contributed by atoms with E-state index in [1.165, 1.54) is 0 Å². The molecule has 23 heavy (non-hydrogen) atoms. The molecule has 1 aromatic carbocycles. The molecule has 7 heteroatoms. The lowest BCUT2D eigenvalue weighted by Gasteiger charge is -2.25. The van der Waals surface area contributed by atoms with Gasteiger partial charge in [-0.3, -0.25) is 4.79 Å². The number of halogens is 1. The predicted octanol–water partition coefficient (Wildman–Crippen LogP) is 2.19. The number of anilines is 1. The van der Waals surface area contributed by atoms with Crippen LogP contribution < -0.4 is 5.32 Å². The van der Waals surface area contributed by atoms with E-state index in [1.807, 2.05) is 4.90 Å². The first-order valence-corrected chi connectivity index (χ1v) is 8.09. The number of urea groups is 1. The van der Waals surface area contributed by atoms with Gasteiger partial charge in [-0.15, -0.1) is 0 Å². The van der Waals surface area contributed by atoms with Gasteiger partial charge in [-0.1, -0.05) is 11.6 Å². The van der Waals surface area contributed by atoms with Gasteiger partial charge in [0.25, 0.3) is 0 Å². The summed E-state index contributed by atoms with van der Waals surface area (Å²) in [6, 6.07) is 6.88. The fourth-order valence-corrected chi connectivity index (χ4v) is 3.51. The molecule has 3 rings (SSSR count). The number of fused-ring (bicyclic) bond motifs is 1. The van der Waals surface area contributed by atoms with E-state index in [2.05, 4.69) is 5.32 Å². The third-order valence-corrected chi connectivity index (χ3v) is 4.76. The van der Waals surface area contributed by atoms with E-state index in [-0.39, 0.29) is 24.0 Å². The van der Waals surface area contributed by atoms with Crippen LogP contribution in [0.5, 0.6) is 0 Å². The van der Waals surface area contributed by atoms with Crippen molar-refractivity contribution < 1.29 is 14.3 Å². The number of hydrogen-bond donors (Lipinski definition) is 1. The highest BCUT2D eigenvalue weighted by atomic mass is 35.5. The SMILES string of the molecule is COCCN1C(=O)C[C@H]2[C@H]1CCN2C(=O)Nc1ccc(Cl)cc1. The van der Waals surface area contributed by atoms with Crippen molar-refractivity contribution in [1.29, 1.82) is 0 Å². The molecule has 2 atom stereocenters. The van der Waals surface area contributed by atoms with E-state index in [4.69, 9.17) is 16.3 Å². The molecule has 1 N–H and O–H groups in total. The Morgan fingerprint density at radius 3 is 2.78 bits per heavy atom. The van der Waals surface area contributed by atoms with Gasteiger partial charge in [0, 0.05) is 37.3 Å². The van der Waals surface area contributed by atoms with Crippen molar-refractivity contribution in [2.75, 3.05) is 32.1 Å². The minimum atomic E-state index is -0.166. The molecule has 3 amide bonds. The molecule has 0 aromatic heterocycles. The average molecular weight is 338 g/mol. The minimum Gasteiger partial charge on any atom is -0.383 e. The zero-order chi connectivity index (χ0) is 16.4. The van der Waals surface area contributed by atoms with Gasteiger partial charge in [0.1, 0.15) is 0 Å². The summed E-state index contributed by atoms with van der Waals surface area (Å²) >= 11 is 5.85. The lowest BCUT2D eigenvalue weighted by Crippen LogP contribution is -2.42. The lowest BCUT2D eigenvalue weighted by atomic mass is 10.1. The molecule has 2 saturated heterocycles. The van der Waals surface area contributed by atoms with Crippen LogP contribution in [0.25, 0.3) is 0 Å². The van der Waals surface area contributed by atoms with Crippen LogP contribution in [-0.2, 0) is 9.53 Å². The molecule has 0 unspecified atom stereocenters. The second kappa shape index (κ2) is 6.76. The Morgan fingerprint density at radius 2 is 2.09 bits per heavy atom. The summed E-state index contributed by atoms with van der Waals surface area (Å²) < 4.78 is 5.07. The van der Waals surface area contributed by atoms with Crippen LogP contribution in [0.15, 0.2) is 24.3 Å². The summed E-state index contributed by atoms with van der Waals surface area (Å²) in [6.45, 7) is 1.76. The third kappa shape index (κ3) is 3.28. The van der Waals surface area contributed by atoms with E-state index in [0.717, 1.165) is 6.42 Å². The number of nitrogens with one attached hydrogen (secondary N) is 1. The molecule has 1 aromatic rings. The van der Waals surface area contributed by atoms with Gasteiger partial charge >= 0.3 is 6.03 Å². The monoisotopic (exact) mass is 337 g/mol. The number of ether oxygens (including phenoxy) is 1. The van der Waals surface area contributed by atoms with Crippen LogP contribution in [0, 0.1) is 0 Å². The first kappa shape index (κ1) is 16.1. The van der Waals surface area contributed by atoms with Crippen molar-refractivity contribution in [3.05, 3.63) is 29.3 Å². The molecule has 124 valence electrons. The maximum absolute atomic E-state index is 12.5. The van der Waals surface area contributed by atoms with Crippen LogP contribution in [-0.4, -0.2) is 60.6 Å². The van der Waals surface area contributed by atoms with E-state index >= 15 is 0 Å². The van der Waals surface area contributed by atoms with Crippen molar-refractivity contribution in [2.45, 2.75) is 24.9 Å².